The number of hydrogen-bond donors (Lipinski definition) is 1. The van der Waals surface area contributed by atoms with E-state index in [4.69, 9.17) is 4.74 Å². The fraction of sp³-hybridized carbons (Fsp3) is 0.278. The summed E-state index contributed by atoms with van der Waals surface area (Å²) in [6.07, 6.45) is -0.707. The Balaban J connectivity index is 1.74. The Bertz CT molecular complexity index is 571. The second-order valence-corrected chi connectivity index (χ2v) is 5.21. The molecule has 2 aromatic rings. The van der Waals surface area contributed by atoms with Crippen LogP contribution < -0.4 is 0 Å². The minimum absolute atomic E-state index is 0.109. The van der Waals surface area contributed by atoms with Gasteiger partial charge in [0.1, 0.15) is 0 Å². The van der Waals surface area contributed by atoms with Crippen LogP contribution in [0.2, 0.25) is 0 Å². The van der Waals surface area contributed by atoms with Gasteiger partial charge in [-0.1, -0.05) is 48.5 Å². The predicted octanol–water partition coefficient (Wildman–Crippen LogP) is 2.34. The molecule has 1 unspecified atom stereocenters. The number of carbonyl (C=O) groups is 1. The largest absolute Gasteiger partial charge is 0.389 e. The Hall–Kier alpha value is -2.17. The van der Waals surface area contributed by atoms with E-state index in [0.717, 1.165) is 5.56 Å². The number of ether oxygens (including phenoxy) is 1. The Labute approximate surface area is 131 Å². The quantitative estimate of drug-likeness (QED) is 0.853. The SMILES string of the molecule is CN(CC(O)COCc1ccccc1)C(=O)c1ccccc1. The second kappa shape index (κ2) is 8.32. The number of hydrogen-bond acceptors (Lipinski definition) is 3. The van der Waals surface area contributed by atoms with Crippen LogP contribution in [0.1, 0.15) is 15.9 Å². The second-order valence-electron chi connectivity index (χ2n) is 5.21. The van der Waals surface area contributed by atoms with Crippen LogP contribution >= 0.6 is 0 Å². The Morgan fingerprint density at radius 3 is 2.32 bits per heavy atom. The maximum absolute atomic E-state index is 12.1. The van der Waals surface area contributed by atoms with Gasteiger partial charge in [0.2, 0.25) is 0 Å². The van der Waals surface area contributed by atoms with Gasteiger partial charge < -0.3 is 14.7 Å². The highest BCUT2D eigenvalue weighted by Gasteiger charge is 2.15. The molecule has 0 aliphatic carbocycles. The van der Waals surface area contributed by atoms with E-state index in [1.807, 2.05) is 48.5 Å². The van der Waals surface area contributed by atoms with E-state index in [-0.39, 0.29) is 19.1 Å². The van der Waals surface area contributed by atoms with Crippen molar-refractivity contribution in [2.24, 2.45) is 0 Å². The van der Waals surface area contributed by atoms with Crippen LogP contribution in [0.15, 0.2) is 60.7 Å². The molecule has 0 radical (unpaired) electrons. The summed E-state index contributed by atoms with van der Waals surface area (Å²) in [5, 5.41) is 9.97. The van der Waals surface area contributed by atoms with Crippen molar-refractivity contribution in [3.8, 4) is 0 Å². The molecule has 0 fully saturated rings. The van der Waals surface area contributed by atoms with Crippen LogP contribution in [0.3, 0.4) is 0 Å². The first-order valence-electron chi connectivity index (χ1n) is 7.27. The van der Waals surface area contributed by atoms with Crippen molar-refractivity contribution in [2.45, 2.75) is 12.7 Å². The Morgan fingerprint density at radius 2 is 1.68 bits per heavy atom. The number of aliphatic hydroxyl groups is 1. The van der Waals surface area contributed by atoms with E-state index in [2.05, 4.69) is 0 Å². The Morgan fingerprint density at radius 1 is 1.09 bits per heavy atom. The van der Waals surface area contributed by atoms with Crippen molar-refractivity contribution in [3.05, 3.63) is 71.8 Å². The molecule has 0 saturated heterocycles. The first-order valence-corrected chi connectivity index (χ1v) is 7.27. The molecule has 4 heteroatoms. The van der Waals surface area contributed by atoms with Crippen molar-refractivity contribution in [1.82, 2.24) is 4.90 Å². The Kier molecular flexibility index (Phi) is 6.13. The van der Waals surface area contributed by atoms with Gasteiger partial charge in [0.05, 0.1) is 19.3 Å². The number of rotatable bonds is 7. The number of nitrogens with zero attached hydrogens (tertiary/aromatic N) is 1. The molecule has 116 valence electrons. The van der Waals surface area contributed by atoms with Gasteiger partial charge in [-0.05, 0) is 17.7 Å². The maximum atomic E-state index is 12.1. The molecule has 1 atom stereocenters. The molecule has 1 amide bonds. The maximum Gasteiger partial charge on any atom is 0.253 e. The summed E-state index contributed by atoms with van der Waals surface area (Å²) in [7, 11) is 1.68. The van der Waals surface area contributed by atoms with Crippen LogP contribution in [-0.2, 0) is 11.3 Å². The molecule has 0 heterocycles. The smallest absolute Gasteiger partial charge is 0.253 e. The number of carbonyl (C=O) groups excluding carboxylic acids is 1. The average molecular weight is 299 g/mol. The summed E-state index contributed by atoms with van der Waals surface area (Å²) in [4.78, 5) is 13.7. The molecule has 0 spiro atoms. The number of likely N-dealkylation sites (N-methyl/N-ethyl adjacent to an activating group) is 1. The zero-order chi connectivity index (χ0) is 15.8. The van der Waals surface area contributed by atoms with Crippen molar-refractivity contribution >= 4 is 5.91 Å². The zero-order valence-electron chi connectivity index (χ0n) is 12.7. The van der Waals surface area contributed by atoms with Gasteiger partial charge in [-0.25, -0.2) is 0 Å². The molecule has 2 rings (SSSR count). The van der Waals surface area contributed by atoms with Crippen LogP contribution in [0.5, 0.6) is 0 Å². The van der Waals surface area contributed by atoms with Crippen molar-refractivity contribution in [1.29, 1.82) is 0 Å². The highest BCUT2D eigenvalue weighted by atomic mass is 16.5. The van der Waals surface area contributed by atoms with Gasteiger partial charge in [0.25, 0.3) is 5.91 Å². The molecule has 22 heavy (non-hydrogen) atoms. The highest BCUT2D eigenvalue weighted by molar-refractivity contribution is 5.93. The third-order valence-electron chi connectivity index (χ3n) is 3.27. The highest BCUT2D eigenvalue weighted by Crippen LogP contribution is 2.05. The normalized spacial score (nSPS) is 11.9. The number of amides is 1. The first-order chi connectivity index (χ1) is 10.7. The van der Waals surface area contributed by atoms with Gasteiger partial charge in [0, 0.05) is 19.2 Å². The first kappa shape index (κ1) is 16.2. The van der Waals surface area contributed by atoms with Crippen molar-refractivity contribution in [3.63, 3.8) is 0 Å². The topological polar surface area (TPSA) is 49.8 Å². The standard InChI is InChI=1S/C18H21NO3/c1-19(18(21)16-10-6-3-7-11-16)12-17(20)14-22-13-15-8-4-2-5-9-15/h2-11,17,20H,12-14H2,1H3. The fourth-order valence-corrected chi connectivity index (χ4v) is 2.14. The molecule has 0 bridgehead atoms. The van der Waals surface area contributed by atoms with Gasteiger partial charge >= 0.3 is 0 Å². The van der Waals surface area contributed by atoms with Crippen LogP contribution in [0, 0.1) is 0 Å². The van der Waals surface area contributed by atoms with Gasteiger partial charge in [0.15, 0.2) is 0 Å². The lowest BCUT2D eigenvalue weighted by Gasteiger charge is -2.21. The van der Waals surface area contributed by atoms with E-state index in [1.54, 1.807) is 19.2 Å². The zero-order valence-corrected chi connectivity index (χ0v) is 12.7. The monoisotopic (exact) mass is 299 g/mol. The number of aliphatic hydroxyl groups excluding tert-OH is 1. The molecule has 0 aliphatic rings. The van der Waals surface area contributed by atoms with Gasteiger partial charge in [-0.15, -0.1) is 0 Å². The van der Waals surface area contributed by atoms with E-state index < -0.39 is 6.10 Å². The third kappa shape index (κ3) is 4.98. The molecule has 1 N–H and O–H groups in total. The van der Waals surface area contributed by atoms with E-state index >= 15 is 0 Å². The lowest BCUT2D eigenvalue weighted by atomic mass is 10.2. The molecular formula is C18H21NO3. The molecule has 0 aromatic heterocycles. The van der Waals surface area contributed by atoms with Crippen molar-refractivity contribution in [2.75, 3.05) is 20.2 Å². The molecule has 0 aliphatic heterocycles. The van der Waals surface area contributed by atoms with E-state index in [1.165, 1.54) is 4.90 Å². The van der Waals surface area contributed by atoms with Gasteiger partial charge in [-0.2, -0.15) is 0 Å². The lowest BCUT2D eigenvalue weighted by Crippen LogP contribution is -2.36. The van der Waals surface area contributed by atoms with Crippen LogP contribution in [-0.4, -0.2) is 42.2 Å². The molecular weight excluding hydrogens is 278 g/mol. The summed E-state index contributed by atoms with van der Waals surface area (Å²) < 4.78 is 5.48. The molecule has 0 saturated carbocycles. The average Bonchev–Trinajstić information content (AvgIpc) is 2.56. The van der Waals surface area contributed by atoms with Crippen LogP contribution in [0.25, 0.3) is 0 Å². The van der Waals surface area contributed by atoms with Gasteiger partial charge in [-0.3, -0.25) is 4.79 Å². The van der Waals surface area contributed by atoms with Crippen LogP contribution in [0.4, 0.5) is 0 Å². The van der Waals surface area contributed by atoms with E-state index in [0.29, 0.717) is 12.2 Å². The summed E-state index contributed by atoms with van der Waals surface area (Å²) in [5.41, 5.74) is 1.67. The number of benzene rings is 2. The molecule has 2 aromatic carbocycles. The third-order valence-corrected chi connectivity index (χ3v) is 3.27. The van der Waals surface area contributed by atoms with Crippen molar-refractivity contribution < 1.29 is 14.6 Å². The van der Waals surface area contributed by atoms with E-state index in [9.17, 15) is 9.90 Å². The minimum atomic E-state index is -0.707. The predicted molar refractivity (Wildman–Crippen MR) is 85.5 cm³/mol. The summed E-state index contributed by atoms with van der Waals surface area (Å²) in [5.74, 6) is -0.109. The minimum Gasteiger partial charge on any atom is -0.389 e. The summed E-state index contributed by atoms with van der Waals surface area (Å²) in [6.45, 7) is 0.887. The fourth-order valence-electron chi connectivity index (χ4n) is 2.14. The summed E-state index contributed by atoms with van der Waals surface area (Å²) >= 11 is 0. The lowest BCUT2D eigenvalue weighted by molar-refractivity contribution is 0.0137. The molecule has 4 nitrogen and oxygen atoms in total. The summed E-state index contributed by atoms with van der Waals surface area (Å²) in [6, 6.07) is 18.8.